The summed E-state index contributed by atoms with van der Waals surface area (Å²) >= 11 is 0. The number of carbonyl (C=O) groups is 2. The van der Waals surface area contributed by atoms with Gasteiger partial charge in [-0.25, -0.2) is 4.79 Å². The molecule has 1 rings (SSSR count). The van der Waals surface area contributed by atoms with E-state index in [9.17, 15) is 9.59 Å². The molecule has 1 aromatic rings. The topological polar surface area (TPSA) is 75.6 Å². The van der Waals surface area contributed by atoms with Gasteiger partial charge in [0.1, 0.15) is 5.75 Å². The standard InChI is InChI=1S/C13H15NO4/c1-9(13(17)14-2)18-11-6-3-10(4-7-11)5-8-12(15)16/h3-9H,1-2H3,(H,14,17)(H,15,16)/b8-5+. The lowest BCUT2D eigenvalue weighted by molar-refractivity contribution is -0.131. The van der Waals surface area contributed by atoms with Gasteiger partial charge in [-0.3, -0.25) is 4.79 Å². The van der Waals surface area contributed by atoms with Crippen LogP contribution in [-0.4, -0.2) is 30.1 Å². The zero-order valence-corrected chi connectivity index (χ0v) is 10.2. The monoisotopic (exact) mass is 249 g/mol. The van der Waals surface area contributed by atoms with Crippen molar-refractivity contribution >= 4 is 18.0 Å². The van der Waals surface area contributed by atoms with Crippen LogP contribution in [0.1, 0.15) is 12.5 Å². The number of carboxylic acids is 1. The van der Waals surface area contributed by atoms with E-state index in [0.717, 1.165) is 11.6 Å². The van der Waals surface area contributed by atoms with Crippen molar-refractivity contribution in [1.29, 1.82) is 0 Å². The maximum atomic E-state index is 11.2. The maximum absolute atomic E-state index is 11.2. The Morgan fingerprint density at radius 3 is 2.44 bits per heavy atom. The van der Waals surface area contributed by atoms with E-state index in [1.807, 2.05) is 0 Å². The Morgan fingerprint density at radius 1 is 1.33 bits per heavy atom. The maximum Gasteiger partial charge on any atom is 0.328 e. The van der Waals surface area contributed by atoms with Crippen molar-refractivity contribution in [3.63, 3.8) is 0 Å². The number of carbonyl (C=O) groups excluding carboxylic acids is 1. The van der Waals surface area contributed by atoms with Crippen molar-refractivity contribution in [2.24, 2.45) is 0 Å². The van der Waals surface area contributed by atoms with Crippen LogP contribution in [-0.2, 0) is 9.59 Å². The number of nitrogens with one attached hydrogen (secondary N) is 1. The molecule has 0 spiro atoms. The first-order valence-corrected chi connectivity index (χ1v) is 5.42. The molecule has 2 N–H and O–H groups in total. The van der Waals surface area contributed by atoms with Crippen LogP contribution >= 0.6 is 0 Å². The van der Waals surface area contributed by atoms with E-state index in [1.165, 1.54) is 6.08 Å². The van der Waals surface area contributed by atoms with Gasteiger partial charge in [-0.15, -0.1) is 0 Å². The number of rotatable bonds is 5. The third kappa shape index (κ3) is 4.29. The van der Waals surface area contributed by atoms with Gasteiger partial charge in [0, 0.05) is 13.1 Å². The Morgan fingerprint density at radius 2 is 1.94 bits per heavy atom. The molecule has 18 heavy (non-hydrogen) atoms. The van der Waals surface area contributed by atoms with Crippen molar-refractivity contribution < 1.29 is 19.4 Å². The summed E-state index contributed by atoms with van der Waals surface area (Å²) in [5.74, 6) is -0.646. The number of aliphatic carboxylic acids is 1. The lowest BCUT2D eigenvalue weighted by atomic mass is 10.2. The van der Waals surface area contributed by atoms with Crippen LogP contribution in [0.2, 0.25) is 0 Å². The molecule has 96 valence electrons. The van der Waals surface area contributed by atoms with E-state index in [2.05, 4.69) is 5.32 Å². The van der Waals surface area contributed by atoms with E-state index >= 15 is 0 Å². The Bertz CT molecular complexity index is 451. The molecule has 1 atom stereocenters. The van der Waals surface area contributed by atoms with E-state index in [1.54, 1.807) is 38.2 Å². The number of likely N-dealkylation sites (N-methyl/N-ethyl adjacent to an activating group) is 1. The van der Waals surface area contributed by atoms with Crippen LogP contribution in [0, 0.1) is 0 Å². The highest BCUT2D eigenvalue weighted by Crippen LogP contribution is 2.14. The van der Waals surface area contributed by atoms with Crippen molar-refractivity contribution in [2.75, 3.05) is 7.05 Å². The van der Waals surface area contributed by atoms with Crippen LogP contribution in [0.4, 0.5) is 0 Å². The molecule has 0 aliphatic carbocycles. The first kappa shape index (κ1) is 13.8. The van der Waals surface area contributed by atoms with Gasteiger partial charge in [-0.05, 0) is 30.7 Å². The molecule has 0 heterocycles. The largest absolute Gasteiger partial charge is 0.481 e. The van der Waals surface area contributed by atoms with E-state index in [-0.39, 0.29) is 5.91 Å². The number of hydrogen-bond donors (Lipinski definition) is 2. The minimum absolute atomic E-state index is 0.204. The molecule has 5 heteroatoms. The first-order valence-electron chi connectivity index (χ1n) is 5.42. The summed E-state index contributed by atoms with van der Waals surface area (Å²) in [7, 11) is 1.54. The zero-order chi connectivity index (χ0) is 13.5. The molecule has 1 unspecified atom stereocenters. The van der Waals surface area contributed by atoms with Crippen LogP contribution < -0.4 is 10.1 Å². The third-order valence-electron chi connectivity index (χ3n) is 2.23. The summed E-state index contributed by atoms with van der Waals surface area (Å²) in [4.78, 5) is 21.6. The average molecular weight is 249 g/mol. The molecule has 0 aliphatic rings. The van der Waals surface area contributed by atoms with Crippen molar-refractivity contribution in [3.8, 4) is 5.75 Å². The van der Waals surface area contributed by atoms with Gasteiger partial charge in [-0.2, -0.15) is 0 Å². The molecule has 5 nitrogen and oxygen atoms in total. The predicted molar refractivity (Wildman–Crippen MR) is 67.3 cm³/mol. The molecule has 0 radical (unpaired) electrons. The lowest BCUT2D eigenvalue weighted by Gasteiger charge is -2.12. The van der Waals surface area contributed by atoms with E-state index in [4.69, 9.17) is 9.84 Å². The van der Waals surface area contributed by atoms with Gasteiger partial charge in [0.15, 0.2) is 6.10 Å². The molecular formula is C13H15NO4. The molecule has 0 aromatic heterocycles. The molecule has 0 saturated heterocycles. The summed E-state index contributed by atoms with van der Waals surface area (Å²) in [5, 5.41) is 11.0. The van der Waals surface area contributed by atoms with Crippen molar-refractivity contribution in [1.82, 2.24) is 5.32 Å². The Hall–Kier alpha value is -2.30. The Balaban J connectivity index is 2.66. The molecule has 0 bridgehead atoms. The third-order valence-corrected chi connectivity index (χ3v) is 2.23. The molecule has 0 aliphatic heterocycles. The highest BCUT2D eigenvalue weighted by atomic mass is 16.5. The molecule has 0 fully saturated rings. The zero-order valence-electron chi connectivity index (χ0n) is 10.2. The van der Waals surface area contributed by atoms with Gasteiger partial charge in [-0.1, -0.05) is 12.1 Å². The minimum atomic E-state index is -0.997. The second kappa shape index (κ2) is 6.44. The predicted octanol–water partition coefficient (Wildman–Crippen LogP) is 1.30. The normalized spacial score (nSPS) is 12.1. The molecule has 0 saturated carbocycles. The second-order valence-corrected chi connectivity index (χ2v) is 3.61. The average Bonchev–Trinajstić information content (AvgIpc) is 2.36. The van der Waals surface area contributed by atoms with Gasteiger partial charge in [0.05, 0.1) is 0 Å². The second-order valence-electron chi connectivity index (χ2n) is 3.61. The van der Waals surface area contributed by atoms with Gasteiger partial charge >= 0.3 is 5.97 Å². The molecule has 1 amide bonds. The molecular weight excluding hydrogens is 234 g/mol. The van der Waals surface area contributed by atoms with E-state index < -0.39 is 12.1 Å². The number of ether oxygens (including phenoxy) is 1. The summed E-state index contributed by atoms with van der Waals surface area (Å²) in [6.45, 7) is 1.65. The van der Waals surface area contributed by atoms with Gasteiger partial charge < -0.3 is 15.2 Å². The van der Waals surface area contributed by atoms with Crippen LogP contribution in [0.25, 0.3) is 6.08 Å². The fourth-order valence-corrected chi connectivity index (χ4v) is 1.29. The number of carboxylic acid groups (broad SMARTS) is 1. The van der Waals surface area contributed by atoms with Gasteiger partial charge in [0.2, 0.25) is 0 Å². The van der Waals surface area contributed by atoms with Crippen molar-refractivity contribution in [3.05, 3.63) is 35.9 Å². The number of amides is 1. The van der Waals surface area contributed by atoms with Gasteiger partial charge in [0.25, 0.3) is 5.91 Å². The highest BCUT2D eigenvalue weighted by molar-refractivity contribution is 5.85. The lowest BCUT2D eigenvalue weighted by Crippen LogP contribution is -2.33. The summed E-state index contributed by atoms with van der Waals surface area (Å²) < 4.78 is 5.40. The summed E-state index contributed by atoms with van der Waals surface area (Å²) in [6, 6.07) is 6.79. The van der Waals surface area contributed by atoms with Crippen LogP contribution in [0.3, 0.4) is 0 Å². The minimum Gasteiger partial charge on any atom is -0.481 e. The quantitative estimate of drug-likeness (QED) is 0.771. The SMILES string of the molecule is CNC(=O)C(C)Oc1ccc(/C=C/C(=O)O)cc1. The first-order chi connectivity index (χ1) is 8.52. The van der Waals surface area contributed by atoms with Crippen LogP contribution in [0.15, 0.2) is 30.3 Å². The fourth-order valence-electron chi connectivity index (χ4n) is 1.29. The Kier molecular flexibility index (Phi) is 4.92. The number of benzene rings is 1. The molecule has 1 aromatic carbocycles. The fraction of sp³-hybridized carbons (Fsp3) is 0.231. The Labute approximate surface area is 105 Å². The number of hydrogen-bond acceptors (Lipinski definition) is 3. The summed E-state index contributed by atoms with van der Waals surface area (Å²) in [6.07, 6.45) is 1.97. The highest BCUT2D eigenvalue weighted by Gasteiger charge is 2.11. The summed E-state index contributed by atoms with van der Waals surface area (Å²) in [5.41, 5.74) is 0.748. The van der Waals surface area contributed by atoms with Crippen molar-refractivity contribution in [2.45, 2.75) is 13.0 Å². The van der Waals surface area contributed by atoms with Crippen LogP contribution in [0.5, 0.6) is 5.75 Å². The smallest absolute Gasteiger partial charge is 0.328 e. The van der Waals surface area contributed by atoms with E-state index in [0.29, 0.717) is 5.75 Å².